The Hall–Kier alpha value is -4.53. The zero-order valence-corrected chi connectivity index (χ0v) is 20.3. The second-order valence-corrected chi connectivity index (χ2v) is 8.40. The molecule has 4 aromatic rings. The quantitative estimate of drug-likeness (QED) is 0.183. The van der Waals surface area contributed by atoms with Gasteiger partial charge in [-0.3, -0.25) is 9.98 Å². The molecule has 1 amide bonds. The molecule has 0 radical (unpaired) electrons. The van der Waals surface area contributed by atoms with Gasteiger partial charge >= 0.3 is 6.09 Å². The van der Waals surface area contributed by atoms with Crippen molar-refractivity contribution in [2.45, 2.75) is 25.2 Å². The van der Waals surface area contributed by atoms with Crippen molar-refractivity contribution >= 4 is 12.1 Å². The average molecular weight is 501 g/mol. The number of ether oxygens (including phenoxy) is 1. The molecule has 0 saturated carbocycles. The first-order chi connectivity index (χ1) is 18.1. The monoisotopic (exact) mass is 500 g/mol. The number of para-hydroxylation sites is 1. The van der Waals surface area contributed by atoms with Gasteiger partial charge in [-0.05, 0) is 61.2 Å². The molecule has 0 saturated heterocycles. The molecule has 4 rings (SSSR count). The Balaban J connectivity index is 1.51. The molecule has 2 heterocycles. The van der Waals surface area contributed by atoms with E-state index < -0.39 is 6.09 Å². The molecule has 2 aromatic heterocycles. The van der Waals surface area contributed by atoms with E-state index in [0.717, 1.165) is 29.8 Å². The Morgan fingerprint density at radius 2 is 1.86 bits per heavy atom. The number of rotatable bonds is 10. The fourth-order valence-electron chi connectivity index (χ4n) is 3.93. The predicted octanol–water partition coefficient (Wildman–Crippen LogP) is 4.91. The first-order valence-electron chi connectivity index (χ1n) is 12.1. The number of benzene rings is 2. The van der Waals surface area contributed by atoms with Crippen molar-refractivity contribution in [2.24, 2.45) is 10.7 Å². The summed E-state index contributed by atoms with van der Waals surface area (Å²) in [7, 11) is 0. The lowest BCUT2D eigenvalue weighted by Crippen LogP contribution is -2.44. The lowest BCUT2D eigenvalue weighted by molar-refractivity contribution is 0.174. The van der Waals surface area contributed by atoms with Crippen LogP contribution in [0, 0.1) is 5.82 Å². The molecular formula is C28H29FN6O2. The first kappa shape index (κ1) is 25.6. The van der Waals surface area contributed by atoms with Crippen LogP contribution in [-0.2, 0) is 6.42 Å². The van der Waals surface area contributed by atoms with Crippen molar-refractivity contribution in [3.05, 3.63) is 114 Å². The minimum absolute atomic E-state index is 0.0735. The molecule has 2 aromatic carbocycles. The molecule has 0 bridgehead atoms. The number of amides is 1. The maximum atomic E-state index is 13.6. The topological polar surface area (TPSA) is 109 Å². The zero-order valence-electron chi connectivity index (χ0n) is 20.3. The highest BCUT2D eigenvalue weighted by atomic mass is 19.1. The van der Waals surface area contributed by atoms with E-state index in [1.54, 1.807) is 55.1 Å². The van der Waals surface area contributed by atoms with Crippen molar-refractivity contribution in [1.82, 2.24) is 19.9 Å². The van der Waals surface area contributed by atoms with E-state index in [1.165, 1.54) is 17.0 Å². The van der Waals surface area contributed by atoms with Gasteiger partial charge in [0.1, 0.15) is 11.6 Å². The highest BCUT2D eigenvalue weighted by Crippen LogP contribution is 2.27. The lowest BCUT2D eigenvalue weighted by atomic mass is 9.92. The van der Waals surface area contributed by atoms with Crippen molar-refractivity contribution in [1.29, 1.82) is 0 Å². The van der Waals surface area contributed by atoms with Crippen LogP contribution in [0.5, 0.6) is 5.75 Å². The van der Waals surface area contributed by atoms with Gasteiger partial charge < -0.3 is 15.5 Å². The normalized spacial score (nSPS) is 12.2. The Morgan fingerprint density at radius 1 is 1.08 bits per heavy atom. The second-order valence-electron chi connectivity index (χ2n) is 8.40. The van der Waals surface area contributed by atoms with Crippen LogP contribution in [0.15, 0.2) is 96.5 Å². The van der Waals surface area contributed by atoms with Crippen LogP contribution in [0.1, 0.15) is 35.7 Å². The Labute approximate surface area is 215 Å². The second kappa shape index (κ2) is 13.0. The summed E-state index contributed by atoms with van der Waals surface area (Å²) < 4.78 is 19.2. The molecule has 0 spiro atoms. The van der Waals surface area contributed by atoms with E-state index in [-0.39, 0.29) is 24.2 Å². The number of imidazole rings is 1. The number of aryl methyl sites for hydroxylation is 1. The van der Waals surface area contributed by atoms with Gasteiger partial charge in [-0.25, -0.2) is 19.1 Å². The van der Waals surface area contributed by atoms with E-state index >= 15 is 0 Å². The van der Waals surface area contributed by atoms with Crippen LogP contribution < -0.4 is 10.5 Å². The fourth-order valence-corrected chi connectivity index (χ4v) is 3.93. The molecule has 1 atom stereocenters. The standard InChI is InChI=1S/C28H29FN6O2/c29-22-13-11-21(12-14-22)25(26-10-4-5-16-32-26)15-18-35(28(36)37-24-8-2-1-3-9-24)27(30)33-17-6-7-23-19-31-20-34-23/h1-5,8-14,16,19-20,25H,6-7,15,17-18H2,(H2,30,33)(H,31,34). The Bertz CT molecular complexity index is 1270. The number of pyridine rings is 1. The molecule has 0 aliphatic carbocycles. The van der Waals surface area contributed by atoms with E-state index in [1.807, 2.05) is 24.3 Å². The van der Waals surface area contributed by atoms with Gasteiger partial charge in [-0.15, -0.1) is 0 Å². The number of nitrogens with one attached hydrogen (secondary N) is 1. The SMILES string of the molecule is NC(=NCCCc1cnc[nH]1)N(CCC(c1ccc(F)cc1)c1ccccn1)C(=O)Oc1ccccc1. The van der Waals surface area contributed by atoms with E-state index in [0.29, 0.717) is 18.7 Å². The maximum absolute atomic E-state index is 13.6. The van der Waals surface area contributed by atoms with Gasteiger partial charge in [0.2, 0.25) is 5.96 Å². The van der Waals surface area contributed by atoms with Crippen LogP contribution in [0.3, 0.4) is 0 Å². The summed E-state index contributed by atoms with van der Waals surface area (Å²) in [6, 6.07) is 20.7. The summed E-state index contributed by atoms with van der Waals surface area (Å²) >= 11 is 0. The van der Waals surface area contributed by atoms with Crippen LogP contribution in [0.4, 0.5) is 9.18 Å². The summed E-state index contributed by atoms with van der Waals surface area (Å²) in [5.41, 5.74) is 9.00. The number of guanidine groups is 1. The van der Waals surface area contributed by atoms with Crippen LogP contribution >= 0.6 is 0 Å². The predicted molar refractivity (Wildman–Crippen MR) is 140 cm³/mol. The molecule has 3 N–H and O–H groups in total. The number of halogens is 1. The number of aliphatic imine (C=N–C) groups is 1. The first-order valence-corrected chi connectivity index (χ1v) is 12.1. The van der Waals surface area contributed by atoms with Crippen molar-refractivity contribution in [3.63, 3.8) is 0 Å². The van der Waals surface area contributed by atoms with Crippen LogP contribution in [0.2, 0.25) is 0 Å². The number of aromatic amines is 1. The summed E-state index contributed by atoms with van der Waals surface area (Å²) in [5, 5.41) is 0. The highest BCUT2D eigenvalue weighted by Gasteiger charge is 2.24. The van der Waals surface area contributed by atoms with Crippen LogP contribution in [-0.4, -0.2) is 45.0 Å². The maximum Gasteiger partial charge on any atom is 0.422 e. The molecule has 8 nitrogen and oxygen atoms in total. The van der Waals surface area contributed by atoms with E-state index in [2.05, 4.69) is 19.9 Å². The number of hydrogen-bond donors (Lipinski definition) is 2. The number of carbonyl (C=O) groups excluding carboxylic acids is 1. The fraction of sp³-hybridized carbons (Fsp3) is 0.214. The number of nitrogens with zero attached hydrogens (tertiary/aromatic N) is 4. The van der Waals surface area contributed by atoms with Crippen molar-refractivity contribution < 1.29 is 13.9 Å². The zero-order chi connectivity index (χ0) is 25.9. The molecule has 190 valence electrons. The molecule has 0 aliphatic rings. The number of H-pyrrole nitrogens is 1. The molecular weight excluding hydrogens is 471 g/mol. The summed E-state index contributed by atoms with van der Waals surface area (Å²) in [6.45, 7) is 0.655. The number of carbonyl (C=O) groups is 1. The van der Waals surface area contributed by atoms with Gasteiger partial charge in [-0.2, -0.15) is 0 Å². The Morgan fingerprint density at radius 3 is 2.57 bits per heavy atom. The molecule has 0 fully saturated rings. The average Bonchev–Trinajstić information content (AvgIpc) is 3.44. The van der Waals surface area contributed by atoms with Gasteiger partial charge in [0.25, 0.3) is 0 Å². The van der Waals surface area contributed by atoms with Crippen molar-refractivity contribution in [3.8, 4) is 5.75 Å². The summed E-state index contributed by atoms with van der Waals surface area (Å²) in [6.07, 6.45) is 6.45. The molecule has 9 heteroatoms. The van der Waals surface area contributed by atoms with E-state index in [4.69, 9.17) is 10.5 Å². The number of nitrogens with two attached hydrogens (primary N) is 1. The van der Waals surface area contributed by atoms with Gasteiger partial charge in [0.15, 0.2) is 0 Å². The third-order valence-electron chi connectivity index (χ3n) is 5.84. The third-order valence-corrected chi connectivity index (χ3v) is 5.84. The smallest absolute Gasteiger partial charge is 0.410 e. The number of aromatic nitrogens is 3. The van der Waals surface area contributed by atoms with Gasteiger partial charge in [0.05, 0.1) is 6.33 Å². The minimum Gasteiger partial charge on any atom is -0.410 e. The minimum atomic E-state index is -0.625. The third kappa shape index (κ3) is 7.47. The van der Waals surface area contributed by atoms with Gasteiger partial charge in [-0.1, -0.05) is 36.4 Å². The highest BCUT2D eigenvalue weighted by molar-refractivity contribution is 5.93. The van der Waals surface area contributed by atoms with Gasteiger partial charge in [0, 0.05) is 42.8 Å². The number of hydrogen-bond acceptors (Lipinski definition) is 5. The molecule has 1 unspecified atom stereocenters. The molecule has 37 heavy (non-hydrogen) atoms. The largest absolute Gasteiger partial charge is 0.422 e. The van der Waals surface area contributed by atoms with E-state index in [9.17, 15) is 9.18 Å². The summed E-state index contributed by atoms with van der Waals surface area (Å²) in [4.78, 5) is 30.5. The van der Waals surface area contributed by atoms with Crippen LogP contribution in [0.25, 0.3) is 0 Å². The summed E-state index contributed by atoms with van der Waals surface area (Å²) in [5.74, 6) is -0.0288. The molecule has 0 aliphatic heterocycles. The van der Waals surface area contributed by atoms with Crippen molar-refractivity contribution in [2.75, 3.05) is 13.1 Å². The Kier molecular flexibility index (Phi) is 8.96. The lowest BCUT2D eigenvalue weighted by Gasteiger charge is -2.24.